The number of aromatic nitrogens is 5. The molecule has 9 heteroatoms. The molecule has 0 aliphatic rings. The highest BCUT2D eigenvalue weighted by molar-refractivity contribution is 6.28. The standard InChI is InChI=1S/C15H16ClN7O/c16-15-22-13(12-14(23-15)21-9-20-12)18-6-2-4-11(24)19-8-10-3-1-5-17-7-10/h1,3,5,7,9H,2,4,6,8H2,(H,19,24)(H2,18,20,21,22,23). The first-order chi connectivity index (χ1) is 11.7. The Bertz CT molecular complexity index is 821. The number of H-pyrrole nitrogens is 1. The van der Waals surface area contributed by atoms with E-state index in [9.17, 15) is 4.79 Å². The lowest BCUT2D eigenvalue weighted by Gasteiger charge is -2.07. The molecule has 3 N–H and O–H groups in total. The molecule has 3 rings (SSSR count). The van der Waals surface area contributed by atoms with Crippen molar-refractivity contribution >= 4 is 34.5 Å². The van der Waals surface area contributed by atoms with Gasteiger partial charge in [-0.15, -0.1) is 0 Å². The highest BCUT2D eigenvalue weighted by Crippen LogP contribution is 2.18. The van der Waals surface area contributed by atoms with Crippen LogP contribution in [-0.4, -0.2) is 37.4 Å². The van der Waals surface area contributed by atoms with Gasteiger partial charge in [-0.05, 0) is 29.7 Å². The lowest BCUT2D eigenvalue weighted by atomic mass is 10.2. The molecule has 0 aromatic carbocycles. The molecule has 0 spiro atoms. The number of nitrogens with one attached hydrogen (secondary N) is 3. The average Bonchev–Trinajstić information content (AvgIpc) is 3.06. The number of carbonyl (C=O) groups is 1. The van der Waals surface area contributed by atoms with Crippen molar-refractivity contribution in [3.05, 3.63) is 41.7 Å². The summed E-state index contributed by atoms with van der Waals surface area (Å²) in [5.41, 5.74) is 2.17. The molecule has 0 radical (unpaired) electrons. The molecule has 8 nitrogen and oxygen atoms in total. The van der Waals surface area contributed by atoms with Crippen LogP contribution in [-0.2, 0) is 11.3 Å². The summed E-state index contributed by atoms with van der Waals surface area (Å²) < 4.78 is 0. The van der Waals surface area contributed by atoms with E-state index in [1.807, 2.05) is 12.1 Å². The van der Waals surface area contributed by atoms with Crippen LogP contribution in [0, 0.1) is 0 Å². The van der Waals surface area contributed by atoms with E-state index in [1.54, 1.807) is 12.4 Å². The van der Waals surface area contributed by atoms with Crippen LogP contribution in [0.25, 0.3) is 11.2 Å². The first-order valence-electron chi connectivity index (χ1n) is 7.48. The molecule has 24 heavy (non-hydrogen) atoms. The summed E-state index contributed by atoms with van der Waals surface area (Å²) in [6.07, 6.45) is 6.05. The summed E-state index contributed by atoms with van der Waals surface area (Å²) >= 11 is 5.86. The quantitative estimate of drug-likeness (QED) is 0.446. The normalized spacial score (nSPS) is 10.7. The average molecular weight is 346 g/mol. The van der Waals surface area contributed by atoms with Gasteiger partial charge in [0.25, 0.3) is 0 Å². The van der Waals surface area contributed by atoms with Crippen LogP contribution in [0.3, 0.4) is 0 Å². The number of imidazole rings is 1. The maximum atomic E-state index is 11.8. The van der Waals surface area contributed by atoms with E-state index in [0.717, 1.165) is 5.56 Å². The molecule has 0 saturated heterocycles. The lowest BCUT2D eigenvalue weighted by Crippen LogP contribution is -2.23. The van der Waals surface area contributed by atoms with Gasteiger partial charge in [0.15, 0.2) is 11.5 Å². The van der Waals surface area contributed by atoms with Crippen molar-refractivity contribution in [1.29, 1.82) is 0 Å². The SMILES string of the molecule is O=C(CCCNc1nc(Cl)nc2nc[nH]c12)NCc1cccnc1. The van der Waals surface area contributed by atoms with Gasteiger partial charge in [-0.1, -0.05) is 6.07 Å². The molecule has 0 aliphatic heterocycles. The fraction of sp³-hybridized carbons (Fsp3) is 0.267. The predicted octanol–water partition coefficient (Wildman–Crippen LogP) is 1.91. The minimum Gasteiger partial charge on any atom is -0.368 e. The van der Waals surface area contributed by atoms with Crippen LogP contribution in [0.5, 0.6) is 0 Å². The second-order valence-electron chi connectivity index (χ2n) is 5.11. The van der Waals surface area contributed by atoms with Gasteiger partial charge in [-0.25, -0.2) is 4.98 Å². The fourth-order valence-electron chi connectivity index (χ4n) is 2.18. The van der Waals surface area contributed by atoms with Gasteiger partial charge >= 0.3 is 0 Å². The fourth-order valence-corrected chi connectivity index (χ4v) is 2.35. The van der Waals surface area contributed by atoms with Crippen LogP contribution in [0.2, 0.25) is 5.28 Å². The number of fused-ring (bicyclic) bond motifs is 1. The summed E-state index contributed by atoms with van der Waals surface area (Å²) in [6.45, 7) is 1.07. The molecule has 0 unspecified atom stereocenters. The minimum absolute atomic E-state index is 0.00643. The number of hydrogen-bond donors (Lipinski definition) is 3. The molecule has 0 fully saturated rings. The van der Waals surface area contributed by atoms with E-state index >= 15 is 0 Å². The number of hydrogen-bond acceptors (Lipinski definition) is 6. The molecule has 0 atom stereocenters. The van der Waals surface area contributed by atoms with Crippen molar-refractivity contribution in [2.24, 2.45) is 0 Å². The lowest BCUT2D eigenvalue weighted by molar-refractivity contribution is -0.121. The number of amides is 1. The maximum Gasteiger partial charge on any atom is 0.226 e. The van der Waals surface area contributed by atoms with Crippen molar-refractivity contribution < 1.29 is 4.79 Å². The molecule has 1 amide bonds. The third kappa shape index (κ3) is 4.17. The number of aromatic amines is 1. The van der Waals surface area contributed by atoms with Gasteiger partial charge < -0.3 is 15.6 Å². The van der Waals surface area contributed by atoms with E-state index in [-0.39, 0.29) is 11.2 Å². The summed E-state index contributed by atoms with van der Waals surface area (Å²) in [6, 6.07) is 3.76. The van der Waals surface area contributed by atoms with Crippen molar-refractivity contribution in [3.8, 4) is 0 Å². The zero-order valence-electron chi connectivity index (χ0n) is 12.8. The van der Waals surface area contributed by atoms with Gasteiger partial charge in [-0.2, -0.15) is 9.97 Å². The van der Waals surface area contributed by atoms with E-state index in [2.05, 4.69) is 35.6 Å². The van der Waals surface area contributed by atoms with Crippen LogP contribution >= 0.6 is 11.6 Å². The van der Waals surface area contributed by atoms with Crippen LogP contribution < -0.4 is 10.6 Å². The highest BCUT2D eigenvalue weighted by Gasteiger charge is 2.08. The monoisotopic (exact) mass is 345 g/mol. The molecule has 0 saturated carbocycles. The van der Waals surface area contributed by atoms with Gasteiger partial charge in [0.1, 0.15) is 5.52 Å². The molecule has 3 aromatic heterocycles. The van der Waals surface area contributed by atoms with Gasteiger partial charge in [0, 0.05) is 31.9 Å². The number of halogens is 1. The zero-order chi connectivity index (χ0) is 16.8. The van der Waals surface area contributed by atoms with E-state index in [4.69, 9.17) is 11.6 Å². The number of nitrogens with zero attached hydrogens (tertiary/aromatic N) is 4. The molecule has 0 bridgehead atoms. The largest absolute Gasteiger partial charge is 0.368 e. The highest BCUT2D eigenvalue weighted by atomic mass is 35.5. The first-order valence-corrected chi connectivity index (χ1v) is 7.86. The predicted molar refractivity (Wildman–Crippen MR) is 90.5 cm³/mol. The molecule has 0 aliphatic carbocycles. The summed E-state index contributed by atoms with van der Waals surface area (Å²) in [4.78, 5) is 31.0. The van der Waals surface area contributed by atoms with E-state index in [1.165, 1.54) is 6.33 Å². The van der Waals surface area contributed by atoms with Crippen molar-refractivity contribution in [2.45, 2.75) is 19.4 Å². The molecule has 3 aromatic rings. The Morgan fingerprint density at radius 1 is 1.33 bits per heavy atom. The first kappa shape index (κ1) is 16.1. The third-order valence-corrected chi connectivity index (χ3v) is 3.51. The Balaban J connectivity index is 1.43. The third-order valence-electron chi connectivity index (χ3n) is 3.34. The Morgan fingerprint density at radius 3 is 3.08 bits per heavy atom. The summed E-state index contributed by atoms with van der Waals surface area (Å²) in [7, 11) is 0. The second kappa shape index (κ2) is 7.69. The van der Waals surface area contributed by atoms with Crippen molar-refractivity contribution in [2.75, 3.05) is 11.9 Å². The topological polar surface area (TPSA) is 108 Å². The number of rotatable bonds is 7. The number of carbonyl (C=O) groups excluding carboxylic acids is 1. The molecular weight excluding hydrogens is 330 g/mol. The Labute approximate surface area is 143 Å². The zero-order valence-corrected chi connectivity index (χ0v) is 13.5. The van der Waals surface area contributed by atoms with Gasteiger partial charge in [0.2, 0.25) is 11.2 Å². The Hall–Kier alpha value is -2.74. The van der Waals surface area contributed by atoms with Crippen molar-refractivity contribution in [3.63, 3.8) is 0 Å². The van der Waals surface area contributed by atoms with E-state index in [0.29, 0.717) is 42.9 Å². The number of anilines is 1. The Morgan fingerprint density at radius 2 is 2.25 bits per heavy atom. The molecule has 3 heterocycles. The smallest absolute Gasteiger partial charge is 0.226 e. The Kier molecular flexibility index (Phi) is 5.17. The molecule has 124 valence electrons. The maximum absolute atomic E-state index is 11.8. The van der Waals surface area contributed by atoms with E-state index < -0.39 is 0 Å². The summed E-state index contributed by atoms with van der Waals surface area (Å²) in [5, 5.41) is 6.14. The van der Waals surface area contributed by atoms with Crippen LogP contribution in [0.1, 0.15) is 18.4 Å². The van der Waals surface area contributed by atoms with Crippen LogP contribution in [0.15, 0.2) is 30.9 Å². The second-order valence-corrected chi connectivity index (χ2v) is 5.45. The summed E-state index contributed by atoms with van der Waals surface area (Å²) in [5.74, 6) is 0.575. The number of pyridine rings is 1. The van der Waals surface area contributed by atoms with Gasteiger partial charge in [0.05, 0.1) is 6.33 Å². The van der Waals surface area contributed by atoms with Gasteiger partial charge in [-0.3, -0.25) is 9.78 Å². The van der Waals surface area contributed by atoms with Crippen LogP contribution in [0.4, 0.5) is 5.82 Å². The molecular formula is C15H16ClN7O. The minimum atomic E-state index is -0.00643. The van der Waals surface area contributed by atoms with Crippen molar-refractivity contribution in [1.82, 2.24) is 30.2 Å².